The monoisotopic (exact) mass is 202 g/mol. The third-order valence-corrected chi connectivity index (χ3v) is 1.87. The van der Waals surface area contributed by atoms with Crippen LogP contribution in [0.5, 0.6) is 0 Å². The molecule has 0 saturated heterocycles. The van der Waals surface area contributed by atoms with E-state index in [4.69, 9.17) is 5.11 Å². The first-order chi connectivity index (χ1) is 7.29. The lowest BCUT2D eigenvalue weighted by Gasteiger charge is -1.90. The Hall–Kier alpha value is -1.83. The van der Waals surface area contributed by atoms with E-state index in [-0.39, 0.29) is 0 Å². The van der Waals surface area contributed by atoms with Crippen molar-refractivity contribution >= 4 is 12.0 Å². The maximum atomic E-state index is 10.1. The number of rotatable bonds is 5. The molecule has 0 amide bonds. The number of carbonyl (C=O) groups is 1. The van der Waals surface area contributed by atoms with Crippen LogP contribution in [0.3, 0.4) is 0 Å². The second-order valence-corrected chi connectivity index (χ2v) is 3.13. The quantitative estimate of drug-likeness (QED) is 0.588. The summed E-state index contributed by atoms with van der Waals surface area (Å²) in [6.07, 6.45) is 8.54. The van der Waals surface area contributed by atoms with Crippen molar-refractivity contribution in [3.8, 4) is 0 Å². The molecule has 0 heterocycles. The number of benzene rings is 1. The lowest BCUT2D eigenvalue weighted by atomic mass is 10.2. The maximum Gasteiger partial charge on any atom is 0.327 e. The number of carboxylic acids is 1. The first-order valence-corrected chi connectivity index (χ1v) is 4.90. The van der Waals surface area contributed by atoms with Gasteiger partial charge in [-0.3, -0.25) is 0 Å². The summed E-state index contributed by atoms with van der Waals surface area (Å²) in [6.45, 7) is 0. The van der Waals surface area contributed by atoms with Gasteiger partial charge in [0.15, 0.2) is 0 Å². The highest BCUT2D eigenvalue weighted by Crippen LogP contribution is 2.03. The summed E-state index contributed by atoms with van der Waals surface area (Å²) in [6, 6.07) is 10.0. The van der Waals surface area contributed by atoms with E-state index in [9.17, 15) is 4.79 Å². The van der Waals surface area contributed by atoms with Crippen LogP contribution in [0.25, 0.3) is 6.08 Å². The third kappa shape index (κ3) is 5.47. The molecule has 0 aromatic heterocycles. The normalized spacial score (nSPS) is 11.2. The predicted molar refractivity (Wildman–Crippen MR) is 61.5 cm³/mol. The zero-order chi connectivity index (χ0) is 10.9. The summed E-state index contributed by atoms with van der Waals surface area (Å²) in [4.78, 5) is 10.1. The van der Waals surface area contributed by atoms with Crippen LogP contribution in [0.4, 0.5) is 0 Å². The Labute approximate surface area is 89.6 Å². The zero-order valence-electron chi connectivity index (χ0n) is 8.47. The molecular formula is C13H14O2. The molecule has 15 heavy (non-hydrogen) atoms. The molecule has 0 saturated carbocycles. The molecule has 1 aromatic rings. The number of unbranched alkanes of at least 4 members (excludes halogenated alkanes) is 1. The fourth-order valence-corrected chi connectivity index (χ4v) is 1.16. The summed E-state index contributed by atoms with van der Waals surface area (Å²) in [7, 11) is 0. The van der Waals surface area contributed by atoms with Crippen LogP contribution in [0.15, 0.2) is 48.6 Å². The molecule has 0 radical (unpaired) electrons. The van der Waals surface area contributed by atoms with Gasteiger partial charge in [-0.05, 0) is 18.4 Å². The van der Waals surface area contributed by atoms with Gasteiger partial charge in [-0.25, -0.2) is 4.79 Å². The topological polar surface area (TPSA) is 37.3 Å². The van der Waals surface area contributed by atoms with Crippen molar-refractivity contribution in [3.63, 3.8) is 0 Å². The summed E-state index contributed by atoms with van der Waals surface area (Å²) in [5, 5.41) is 8.34. The molecule has 1 rings (SSSR count). The predicted octanol–water partition coefficient (Wildman–Crippen LogP) is 3.12. The van der Waals surface area contributed by atoms with Crippen LogP contribution < -0.4 is 0 Å². The average molecular weight is 202 g/mol. The van der Waals surface area contributed by atoms with Crippen molar-refractivity contribution in [1.29, 1.82) is 0 Å². The van der Waals surface area contributed by atoms with Gasteiger partial charge < -0.3 is 5.11 Å². The number of hydrogen-bond acceptors (Lipinski definition) is 1. The second-order valence-electron chi connectivity index (χ2n) is 3.13. The highest BCUT2D eigenvalue weighted by Gasteiger charge is 1.84. The van der Waals surface area contributed by atoms with Crippen molar-refractivity contribution in [3.05, 3.63) is 54.1 Å². The Balaban J connectivity index is 2.26. The lowest BCUT2D eigenvalue weighted by Crippen LogP contribution is -1.85. The van der Waals surface area contributed by atoms with Crippen molar-refractivity contribution < 1.29 is 9.90 Å². The smallest absolute Gasteiger partial charge is 0.327 e. The van der Waals surface area contributed by atoms with Crippen molar-refractivity contribution in [2.24, 2.45) is 0 Å². The van der Waals surface area contributed by atoms with E-state index in [1.54, 1.807) is 6.08 Å². The van der Waals surface area contributed by atoms with Crippen LogP contribution in [0.1, 0.15) is 18.4 Å². The van der Waals surface area contributed by atoms with E-state index in [1.807, 2.05) is 42.5 Å². The molecule has 0 bridgehead atoms. The molecule has 1 N–H and O–H groups in total. The number of aliphatic carboxylic acids is 1. The second kappa shape index (κ2) is 6.60. The Morgan fingerprint density at radius 3 is 2.47 bits per heavy atom. The van der Waals surface area contributed by atoms with Crippen LogP contribution in [-0.2, 0) is 4.79 Å². The van der Waals surface area contributed by atoms with E-state index >= 15 is 0 Å². The van der Waals surface area contributed by atoms with Crippen LogP contribution in [-0.4, -0.2) is 11.1 Å². The molecule has 0 aliphatic rings. The Bertz CT molecular complexity index is 350. The number of carboxylic acid groups (broad SMARTS) is 1. The molecule has 0 spiro atoms. The van der Waals surface area contributed by atoms with Crippen LogP contribution in [0, 0.1) is 0 Å². The van der Waals surface area contributed by atoms with Crippen LogP contribution in [0.2, 0.25) is 0 Å². The molecule has 0 aliphatic carbocycles. The van der Waals surface area contributed by atoms with Crippen LogP contribution >= 0.6 is 0 Å². The Morgan fingerprint density at radius 2 is 1.80 bits per heavy atom. The van der Waals surface area contributed by atoms with Gasteiger partial charge in [0.25, 0.3) is 0 Å². The highest BCUT2D eigenvalue weighted by atomic mass is 16.4. The molecule has 0 aliphatic heterocycles. The fourth-order valence-electron chi connectivity index (χ4n) is 1.16. The molecule has 0 unspecified atom stereocenters. The van der Waals surface area contributed by atoms with Gasteiger partial charge >= 0.3 is 5.97 Å². The van der Waals surface area contributed by atoms with Crippen molar-refractivity contribution in [1.82, 2.24) is 0 Å². The molecule has 2 nitrogen and oxygen atoms in total. The summed E-state index contributed by atoms with van der Waals surface area (Å²) in [5.74, 6) is -0.887. The summed E-state index contributed by atoms with van der Waals surface area (Å²) < 4.78 is 0. The lowest BCUT2D eigenvalue weighted by molar-refractivity contribution is -0.131. The highest BCUT2D eigenvalue weighted by molar-refractivity contribution is 5.79. The van der Waals surface area contributed by atoms with E-state index in [2.05, 4.69) is 0 Å². The van der Waals surface area contributed by atoms with Gasteiger partial charge in [-0.15, -0.1) is 0 Å². The third-order valence-electron chi connectivity index (χ3n) is 1.87. The minimum atomic E-state index is -0.887. The minimum absolute atomic E-state index is 0.760. The first-order valence-electron chi connectivity index (χ1n) is 4.90. The fraction of sp³-hybridized carbons (Fsp3) is 0.154. The standard InChI is InChI=1S/C13H14O2/c14-13(15)11-7-2-1-4-8-12-9-5-3-6-10-12/h3-11H,1-2H2,(H,14,15)/b8-4-,11-7+. The van der Waals surface area contributed by atoms with Gasteiger partial charge in [-0.2, -0.15) is 0 Å². The van der Waals surface area contributed by atoms with Gasteiger partial charge in [0, 0.05) is 6.08 Å². The SMILES string of the molecule is O=C(O)/C=C/CC/C=C\c1ccccc1. The van der Waals surface area contributed by atoms with Crippen molar-refractivity contribution in [2.45, 2.75) is 12.8 Å². The van der Waals surface area contributed by atoms with Gasteiger partial charge in [-0.1, -0.05) is 48.6 Å². The first kappa shape index (κ1) is 11.2. The van der Waals surface area contributed by atoms with E-state index in [1.165, 1.54) is 11.6 Å². The molecule has 2 heteroatoms. The number of hydrogen-bond donors (Lipinski definition) is 1. The van der Waals surface area contributed by atoms with Gasteiger partial charge in [0.2, 0.25) is 0 Å². The molecule has 78 valence electrons. The molecule has 1 aromatic carbocycles. The van der Waals surface area contributed by atoms with Gasteiger partial charge in [0.1, 0.15) is 0 Å². The summed E-state index contributed by atoms with van der Waals surface area (Å²) in [5.41, 5.74) is 1.17. The molecule has 0 fully saturated rings. The van der Waals surface area contributed by atoms with Crippen molar-refractivity contribution in [2.75, 3.05) is 0 Å². The Kier molecular flexibility index (Phi) is 4.95. The Morgan fingerprint density at radius 1 is 1.13 bits per heavy atom. The zero-order valence-corrected chi connectivity index (χ0v) is 8.47. The molecular weight excluding hydrogens is 188 g/mol. The summed E-state index contributed by atoms with van der Waals surface area (Å²) >= 11 is 0. The minimum Gasteiger partial charge on any atom is -0.478 e. The van der Waals surface area contributed by atoms with E-state index in [0.717, 1.165) is 12.8 Å². The molecule has 0 atom stereocenters. The average Bonchev–Trinajstić information content (AvgIpc) is 2.24. The van der Waals surface area contributed by atoms with Gasteiger partial charge in [0.05, 0.1) is 0 Å². The largest absolute Gasteiger partial charge is 0.478 e. The van der Waals surface area contributed by atoms with E-state index in [0.29, 0.717) is 0 Å². The van der Waals surface area contributed by atoms with E-state index < -0.39 is 5.97 Å². The maximum absolute atomic E-state index is 10.1. The number of allylic oxidation sites excluding steroid dienone is 2.